The molecule has 1 aliphatic carbocycles. The molecule has 2 atom stereocenters. The fraction of sp³-hybridized carbons (Fsp3) is 0.333. The number of fused-ring (bicyclic) bond motifs is 1. The van der Waals surface area contributed by atoms with Gasteiger partial charge >= 0.3 is 6.36 Å². The molecule has 1 aliphatic heterocycles. The number of benzene rings is 2. The largest absolute Gasteiger partial charge is 0.573 e. The normalized spacial score (nSPS) is 23.5. The number of nitrogens with one attached hydrogen (secondary N) is 2. The lowest BCUT2D eigenvalue weighted by Gasteiger charge is -2.14. The number of piperidine rings is 1. The molecule has 1 heterocycles. The second-order valence-corrected chi connectivity index (χ2v) is 8.57. The molecule has 1 unspecified atom stereocenters. The molecular formula is C18H18ClF3N2O3S. The van der Waals surface area contributed by atoms with E-state index in [0.717, 1.165) is 43.8 Å². The zero-order chi connectivity index (χ0) is 19.3. The Hall–Kier alpha value is -1.97. The predicted molar refractivity (Wildman–Crippen MR) is 100 cm³/mol. The summed E-state index contributed by atoms with van der Waals surface area (Å²) >= 11 is 0. The van der Waals surface area contributed by atoms with E-state index in [2.05, 4.69) is 14.8 Å². The van der Waals surface area contributed by atoms with Crippen LogP contribution in [0.3, 0.4) is 0 Å². The zero-order valence-electron chi connectivity index (χ0n) is 14.5. The SMILES string of the molecule is Cl.O=S(=O)(Nc1ccc(C23CNC[C@H]2C3)cc1)c1ccc(OC(F)(F)F)cc1. The third kappa shape index (κ3) is 4.06. The average Bonchev–Trinajstić information content (AvgIpc) is 3.15. The van der Waals surface area contributed by atoms with E-state index in [4.69, 9.17) is 0 Å². The van der Waals surface area contributed by atoms with E-state index >= 15 is 0 Å². The number of rotatable bonds is 5. The van der Waals surface area contributed by atoms with Gasteiger partial charge in [0, 0.05) is 17.6 Å². The minimum atomic E-state index is -4.82. The van der Waals surface area contributed by atoms with Crippen molar-refractivity contribution in [2.75, 3.05) is 17.8 Å². The monoisotopic (exact) mass is 434 g/mol. The molecule has 2 N–H and O–H groups in total. The Bertz CT molecular complexity index is 950. The fourth-order valence-corrected chi connectivity index (χ4v) is 4.75. The maximum atomic E-state index is 12.4. The van der Waals surface area contributed by atoms with E-state index in [9.17, 15) is 21.6 Å². The maximum Gasteiger partial charge on any atom is 0.573 e. The van der Waals surface area contributed by atoms with Crippen molar-refractivity contribution in [3.8, 4) is 5.75 Å². The Morgan fingerprint density at radius 3 is 2.21 bits per heavy atom. The van der Waals surface area contributed by atoms with Crippen LogP contribution in [0.2, 0.25) is 0 Å². The van der Waals surface area contributed by atoms with Crippen molar-refractivity contribution in [3.63, 3.8) is 0 Å². The van der Waals surface area contributed by atoms with Crippen LogP contribution in [0.15, 0.2) is 53.4 Å². The molecule has 0 spiro atoms. The van der Waals surface area contributed by atoms with Gasteiger partial charge < -0.3 is 10.1 Å². The van der Waals surface area contributed by atoms with Crippen LogP contribution in [0.5, 0.6) is 5.75 Å². The van der Waals surface area contributed by atoms with Crippen LogP contribution in [-0.2, 0) is 15.4 Å². The molecule has 28 heavy (non-hydrogen) atoms. The van der Waals surface area contributed by atoms with Gasteiger partial charge in [-0.25, -0.2) is 8.42 Å². The summed E-state index contributed by atoms with van der Waals surface area (Å²) in [6.45, 7) is 1.96. The number of anilines is 1. The third-order valence-electron chi connectivity index (χ3n) is 5.14. The summed E-state index contributed by atoms with van der Waals surface area (Å²) < 4.78 is 67.6. The Labute approximate surface area is 166 Å². The first-order valence-corrected chi connectivity index (χ1v) is 9.86. The van der Waals surface area contributed by atoms with Gasteiger partial charge in [-0.1, -0.05) is 12.1 Å². The third-order valence-corrected chi connectivity index (χ3v) is 6.54. The van der Waals surface area contributed by atoms with E-state index in [1.165, 1.54) is 5.56 Å². The van der Waals surface area contributed by atoms with Crippen LogP contribution in [0.1, 0.15) is 12.0 Å². The van der Waals surface area contributed by atoms with Crippen molar-refractivity contribution >= 4 is 28.1 Å². The van der Waals surface area contributed by atoms with Crippen LogP contribution in [0.25, 0.3) is 0 Å². The summed E-state index contributed by atoms with van der Waals surface area (Å²) in [5, 5.41) is 3.36. The summed E-state index contributed by atoms with van der Waals surface area (Å²) in [4.78, 5) is -0.151. The second kappa shape index (κ2) is 7.13. The molecular weight excluding hydrogens is 417 g/mol. The first-order chi connectivity index (χ1) is 12.7. The minimum Gasteiger partial charge on any atom is -0.406 e. The Morgan fingerprint density at radius 2 is 1.71 bits per heavy atom. The summed E-state index contributed by atoms with van der Waals surface area (Å²) in [6.07, 6.45) is -3.67. The van der Waals surface area contributed by atoms with Gasteiger partial charge in [0.2, 0.25) is 0 Å². The van der Waals surface area contributed by atoms with E-state index < -0.39 is 22.1 Å². The molecule has 0 bridgehead atoms. The quantitative estimate of drug-likeness (QED) is 0.753. The molecule has 0 amide bonds. The molecule has 5 nitrogen and oxygen atoms in total. The summed E-state index contributed by atoms with van der Waals surface area (Å²) in [7, 11) is -3.91. The first-order valence-electron chi connectivity index (χ1n) is 8.38. The predicted octanol–water partition coefficient (Wildman–Crippen LogP) is 3.67. The smallest absolute Gasteiger partial charge is 0.406 e. The van der Waals surface area contributed by atoms with E-state index in [1.54, 1.807) is 12.1 Å². The molecule has 1 saturated heterocycles. The highest BCUT2D eigenvalue weighted by molar-refractivity contribution is 7.92. The number of hydrogen-bond acceptors (Lipinski definition) is 4. The molecule has 1 saturated carbocycles. The number of ether oxygens (including phenoxy) is 1. The van der Waals surface area contributed by atoms with Crippen LogP contribution in [0.4, 0.5) is 18.9 Å². The van der Waals surface area contributed by atoms with Crippen molar-refractivity contribution in [1.82, 2.24) is 5.32 Å². The van der Waals surface area contributed by atoms with Gasteiger partial charge in [-0.2, -0.15) is 0 Å². The highest BCUT2D eigenvalue weighted by atomic mass is 35.5. The average molecular weight is 435 g/mol. The standard InChI is InChI=1S/C18H17F3N2O3S.ClH/c19-18(20,21)26-15-5-7-16(8-6-15)27(24,25)23-14-3-1-12(2-4-14)17-9-13(17)10-22-11-17;/h1-8,13,22-23H,9-11H2;1H/t13-,17?;/m1./s1. The van der Waals surface area contributed by atoms with Gasteiger partial charge in [0.1, 0.15) is 5.75 Å². The van der Waals surface area contributed by atoms with Crippen molar-refractivity contribution in [3.05, 3.63) is 54.1 Å². The van der Waals surface area contributed by atoms with Crippen LogP contribution in [0, 0.1) is 5.92 Å². The van der Waals surface area contributed by atoms with Gasteiger partial charge in [-0.05, 0) is 60.8 Å². The van der Waals surface area contributed by atoms with Crippen molar-refractivity contribution in [1.29, 1.82) is 0 Å². The molecule has 0 aromatic heterocycles. The van der Waals surface area contributed by atoms with Gasteiger partial charge in [-0.3, -0.25) is 4.72 Å². The minimum absolute atomic E-state index is 0. The summed E-state index contributed by atoms with van der Waals surface area (Å²) in [5.41, 5.74) is 1.77. The molecule has 2 fully saturated rings. The molecule has 10 heteroatoms. The van der Waals surface area contributed by atoms with Gasteiger partial charge in [-0.15, -0.1) is 25.6 Å². The van der Waals surface area contributed by atoms with E-state index in [0.29, 0.717) is 11.6 Å². The van der Waals surface area contributed by atoms with Crippen molar-refractivity contribution in [2.24, 2.45) is 5.92 Å². The number of sulfonamides is 1. The highest BCUT2D eigenvalue weighted by Crippen LogP contribution is 2.56. The highest BCUT2D eigenvalue weighted by Gasteiger charge is 2.57. The number of hydrogen-bond donors (Lipinski definition) is 2. The molecule has 152 valence electrons. The molecule has 2 aliphatic rings. The van der Waals surface area contributed by atoms with Crippen molar-refractivity contribution < 1.29 is 26.3 Å². The topological polar surface area (TPSA) is 67.4 Å². The van der Waals surface area contributed by atoms with Crippen LogP contribution in [-0.4, -0.2) is 27.9 Å². The van der Waals surface area contributed by atoms with Crippen molar-refractivity contribution in [2.45, 2.75) is 23.1 Å². The maximum absolute atomic E-state index is 12.4. The Balaban J connectivity index is 0.00000225. The first kappa shape index (κ1) is 20.8. The lowest BCUT2D eigenvalue weighted by atomic mass is 9.95. The number of halogens is 4. The molecule has 0 radical (unpaired) electrons. The second-order valence-electron chi connectivity index (χ2n) is 6.89. The van der Waals surface area contributed by atoms with Gasteiger partial charge in [0.05, 0.1) is 4.90 Å². The Kier molecular flexibility index (Phi) is 5.28. The molecule has 2 aromatic carbocycles. The van der Waals surface area contributed by atoms with Gasteiger partial charge in [0.15, 0.2) is 0 Å². The lowest BCUT2D eigenvalue weighted by Crippen LogP contribution is -2.19. The molecule has 4 rings (SSSR count). The fourth-order valence-electron chi connectivity index (χ4n) is 3.69. The Morgan fingerprint density at radius 1 is 1.07 bits per heavy atom. The van der Waals surface area contributed by atoms with Crippen LogP contribution < -0.4 is 14.8 Å². The van der Waals surface area contributed by atoms with Crippen LogP contribution >= 0.6 is 12.4 Å². The summed E-state index contributed by atoms with van der Waals surface area (Å²) in [5.74, 6) is 0.173. The van der Waals surface area contributed by atoms with E-state index in [-0.39, 0.29) is 22.7 Å². The summed E-state index contributed by atoms with van der Waals surface area (Å²) in [6, 6.07) is 11.3. The number of alkyl halides is 3. The zero-order valence-corrected chi connectivity index (χ0v) is 16.1. The van der Waals surface area contributed by atoms with E-state index in [1.807, 2.05) is 12.1 Å². The lowest BCUT2D eigenvalue weighted by molar-refractivity contribution is -0.274. The molecule has 2 aromatic rings. The van der Waals surface area contributed by atoms with Gasteiger partial charge in [0.25, 0.3) is 10.0 Å².